The second kappa shape index (κ2) is 10.0. The van der Waals surface area contributed by atoms with Crippen LogP contribution in [0.15, 0.2) is 48.5 Å². The molecule has 0 fully saturated rings. The van der Waals surface area contributed by atoms with E-state index in [1.165, 1.54) is 5.56 Å². The quantitative estimate of drug-likeness (QED) is 0.632. The summed E-state index contributed by atoms with van der Waals surface area (Å²) >= 11 is 0. The molecule has 5 nitrogen and oxygen atoms in total. The summed E-state index contributed by atoms with van der Waals surface area (Å²) < 4.78 is 4.99. The van der Waals surface area contributed by atoms with Crippen LogP contribution >= 0.6 is 0 Å². The summed E-state index contributed by atoms with van der Waals surface area (Å²) in [7, 11) is 1.65. The molecule has 2 aromatic rings. The molecule has 2 N–H and O–H groups in total. The average Bonchev–Trinajstić information content (AvgIpc) is 2.66. The minimum absolute atomic E-state index is 0.0368. The molecular formula is C23H30N2O3. The Morgan fingerprint density at radius 2 is 1.50 bits per heavy atom. The Labute approximate surface area is 167 Å². The van der Waals surface area contributed by atoms with Crippen LogP contribution < -0.4 is 10.6 Å². The largest absolute Gasteiger partial charge is 0.385 e. The van der Waals surface area contributed by atoms with Crippen LogP contribution in [0.1, 0.15) is 56.0 Å². The van der Waals surface area contributed by atoms with Gasteiger partial charge in [-0.05, 0) is 48.1 Å². The van der Waals surface area contributed by atoms with E-state index in [4.69, 9.17) is 4.74 Å². The second-order valence-corrected chi connectivity index (χ2v) is 7.83. The third-order valence-corrected chi connectivity index (χ3v) is 4.46. The van der Waals surface area contributed by atoms with Crippen molar-refractivity contribution in [1.82, 2.24) is 0 Å². The van der Waals surface area contributed by atoms with Crippen LogP contribution in [-0.4, -0.2) is 25.5 Å². The lowest BCUT2D eigenvalue weighted by molar-refractivity contribution is -0.116. The van der Waals surface area contributed by atoms with E-state index in [-0.39, 0.29) is 17.2 Å². The van der Waals surface area contributed by atoms with Crippen molar-refractivity contribution in [2.24, 2.45) is 0 Å². The molecule has 150 valence electrons. The van der Waals surface area contributed by atoms with Gasteiger partial charge < -0.3 is 15.4 Å². The van der Waals surface area contributed by atoms with Gasteiger partial charge in [-0.1, -0.05) is 45.0 Å². The molecule has 28 heavy (non-hydrogen) atoms. The maximum atomic E-state index is 12.6. The fourth-order valence-corrected chi connectivity index (χ4v) is 2.76. The van der Waals surface area contributed by atoms with Gasteiger partial charge in [0.25, 0.3) is 5.91 Å². The lowest BCUT2D eigenvalue weighted by Gasteiger charge is -2.19. The maximum Gasteiger partial charge on any atom is 0.255 e. The molecule has 0 saturated heterocycles. The molecule has 2 aromatic carbocycles. The molecule has 5 heteroatoms. The van der Waals surface area contributed by atoms with Crippen LogP contribution in [-0.2, 0) is 14.9 Å². The lowest BCUT2D eigenvalue weighted by Crippen LogP contribution is -2.17. The number of rotatable bonds is 8. The molecule has 0 aliphatic carbocycles. The van der Waals surface area contributed by atoms with E-state index in [9.17, 15) is 9.59 Å². The number of carbonyl (C=O) groups is 2. The van der Waals surface area contributed by atoms with E-state index in [1.807, 2.05) is 36.4 Å². The van der Waals surface area contributed by atoms with Crippen LogP contribution in [0.4, 0.5) is 11.4 Å². The highest BCUT2D eigenvalue weighted by atomic mass is 16.5. The van der Waals surface area contributed by atoms with E-state index >= 15 is 0 Å². The number of nitrogens with one attached hydrogen (secondary N) is 2. The SMILES string of the molecule is COCCCCC(=O)Nc1ccccc1NC(=O)c1ccc(C(C)(C)C)cc1. The molecule has 2 rings (SSSR count). The van der Waals surface area contributed by atoms with E-state index in [0.717, 1.165) is 12.8 Å². The molecule has 0 aromatic heterocycles. The first-order valence-corrected chi connectivity index (χ1v) is 9.61. The molecule has 0 saturated carbocycles. The highest BCUT2D eigenvalue weighted by molar-refractivity contribution is 6.07. The van der Waals surface area contributed by atoms with Gasteiger partial charge in [-0.3, -0.25) is 9.59 Å². The molecule has 0 aliphatic rings. The number of benzene rings is 2. The van der Waals surface area contributed by atoms with Crippen molar-refractivity contribution in [2.45, 2.75) is 45.4 Å². The maximum absolute atomic E-state index is 12.6. The number of hydrogen-bond donors (Lipinski definition) is 2. The average molecular weight is 383 g/mol. The predicted octanol–water partition coefficient (Wildman–Crippen LogP) is 4.99. The van der Waals surface area contributed by atoms with Crippen molar-refractivity contribution >= 4 is 23.2 Å². The number of ether oxygens (including phenoxy) is 1. The number of amides is 2. The lowest BCUT2D eigenvalue weighted by atomic mass is 9.87. The van der Waals surface area contributed by atoms with Crippen molar-refractivity contribution in [3.8, 4) is 0 Å². The van der Waals surface area contributed by atoms with Gasteiger partial charge in [-0.25, -0.2) is 0 Å². The molecule has 0 atom stereocenters. The zero-order chi connectivity index (χ0) is 20.6. The van der Waals surface area contributed by atoms with E-state index in [2.05, 4.69) is 31.4 Å². The van der Waals surface area contributed by atoms with Gasteiger partial charge in [0.2, 0.25) is 5.91 Å². The Morgan fingerprint density at radius 1 is 0.893 bits per heavy atom. The predicted molar refractivity (Wildman–Crippen MR) is 114 cm³/mol. The first kappa shape index (κ1) is 21.6. The van der Waals surface area contributed by atoms with Crippen LogP contribution in [0.3, 0.4) is 0 Å². The number of para-hydroxylation sites is 2. The van der Waals surface area contributed by atoms with E-state index < -0.39 is 0 Å². The number of unbranched alkanes of at least 4 members (excludes halogenated alkanes) is 1. The Kier molecular flexibility index (Phi) is 7.76. The summed E-state index contributed by atoms with van der Waals surface area (Å²) in [6.07, 6.45) is 2.01. The standard InChI is InChI=1S/C23H30N2O3/c1-23(2,3)18-14-12-17(13-15-18)22(27)25-20-10-6-5-9-19(20)24-21(26)11-7-8-16-28-4/h5-6,9-10,12-15H,7-8,11,16H2,1-4H3,(H,24,26)(H,25,27). The number of carbonyl (C=O) groups excluding carboxylic acids is 2. The summed E-state index contributed by atoms with van der Waals surface area (Å²) in [6, 6.07) is 14.8. The Balaban J connectivity index is 2.02. The first-order chi connectivity index (χ1) is 13.3. The van der Waals surface area contributed by atoms with Crippen molar-refractivity contribution in [1.29, 1.82) is 0 Å². The molecule has 0 aliphatic heterocycles. The first-order valence-electron chi connectivity index (χ1n) is 9.61. The van der Waals surface area contributed by atoms with Crippen molar-refractivity contribution in [3.63, 3.8) is 0 Å². The van der Waals surface area contributed by atoms with Gasteiger partial charge in [0.15, 0.2) is 0 Å². The number of anilines is 2. The Hall–Kier alpha value is -2.66. The molecular weight excluding hydrogens is 352 g/mol. The Morgan fingerprint density at radius 3 is 2.07 bits per heavy atom. The summed E-state index contributed by atoms with van der Waals surface area (Å²) in [5.41, 5.74) is 2.96. The molecule has 0 radical (unpaired) electrons. The molecule has 0 spiro atoms. The summed E-state index contributed by atoms with van der Waals surface area (Å²) in [6.45, 7) is 7.05. The van der Waals surface area contributed by atoms with Crippen LogP contribution in [0.25, 0.3) is 0 Å². The molecule has 0 unspecified atom stereocenters. The monoisotopic (exact) mass is 382 g/mol. The van der Waals surface area contributed by atoms with Gasteiger partial charge >= 0.3 is 0 Å². The van der Waals surface area contributed by atoms with Gasteiger partial charge in [-0.15, -0.1) is 0 Å². The zero-order valence-electron chi connectivity index (χ0n) is 17.2. The fourth-order valence-electron chi connectivity index (χ4n) is 2.76. The van der Waals surface area contributed by atoms with Gasteiger partial charge in [0.1, 0.15) is 0 Å². The highest BCUT2D eigenvalue weighted by Gasteiger charge is 2.15. The summed E-state index contributed by atoms with van der Waals surface area (Å²) in [4.78, 5) is 24.8. The smallest absolute Gasteiger partial charge is 0.255 e. The zero-order valence-corrected chi connectivity index (χ0v) is 17.2. The van der Waals surface area contributed by atoms with E-state index in [1.54, 1.807) is 19.2 Å². The van der Waals surface area contributed by atoms with Crippen molar-refractivity contribution in [2.75, 3.05) is 24.4 Å². The third-order valence-electron chi connectivity index (χ3n) is 4.46. The van der Waals surface area contributed by atoms with E-state index in [0.29, 0.717) is 30.0 Å². The minimum atomic E-state index is -0.206. The normalized spacial score (nSPS) is 11.1. The third kappa shape index (κ3) is 6.50. The highest BCUT2D eigenvalue weighted by Crippen LogP contribution is 2.24. The van der Waals surface area contributed by atoms with Gasteiger partial charge in [0, 0.05) is 25.7 Å². The number of hydrogen-bond acceptors (Lipinski definition) is 3. The molecule has 0 heterocycles. The van der Waals surface area contributed by atoms with Crippen molar-refractivity contribution in [3.05, 3.63) is 59.7 Å². The van der Waals surface area contributed by atoms with Crippen LogP contribution in [0.2, 0.25) is 0 Å². The molecule has 0 bridgehead atoms. The minimum Gasteiger partial charge on any atom is -0.385 e. The summed E-state index contributed by atoms with van der Waals surface area (Å²) in [5.74, 6) is -0.283. The topological polar surface area (TPSA) is 67.4 Å². The second-order valence-electron chi connectivity index (χ2n) is 7.83. The summed E-state index contributed by atoms with van der Waals surface area (Å²) in [5, 5.41) is 5.77. The van der Waals surface area contributed by atoms with Crippen LogP contribution in [0, 0.1) is 0 Å². The Bertz CT molecular complexity index is 792. The van der Waals surface area contributed by atoms with Gasteiger partial charge in [-0.2, -0.15) is 0 Å². The van der Waals surface area contributed by atoms with Crippen LogP contribution in [0.5, 0.6) is 0 Å². The fraction of sp³-hybridized carbons (Fsp3) is 0.391. The van der Waals surface area contributed by atoms with Crippen molar-refractivity contribution < 1.29 is 14.3 Å². The number of methoxy groups -OCH3 is 1. The van der Waals surface area contributed by atoms with Gasteiger partial charge in [0.05, 0.1) is 11.4 Å². The molecule has 2 amide bonds.